The third-order valence-corrected chi connectivity index (χ3v) is 4.36. The van der Waals surface area contributed by atoms with E-state index in [-0.39, 0.29) is 17.6 Å². The molecule has 0 amide bonds. The molecule has 2 atom stereocenters. The number of ether oxygens (including phenoxy) is 1. The summed E-state index contributed by atoms with van der Waals surface area (Å²) in [5, 5.41) is 13.9. The Bertz CT molecular complexity index is 420. The lowest BCUT2D eigenvalue weighted by atomic mass is 9.58. The second-order valence-corrected chi connectivity index (χ2v) is 5.46. The summed E-state index contributed by atoms with van der Waals surface area (Å²) in [4.78, 5) is 8.27. The molecule has 1 saturated heterocycles. The maximum absolute atomic E-state index is 10.1. The highest BCUT2D eigenvalue weighted by Crippen LogP contribution is 2.49. The lowest BCUT2D eigenvalue weighted by Crippen LogP contribution is -2.62. The Kier molecular flexibility index (Phi) is 3.13. The molecule has 1 saturated carbocycles. The van der Waals surface area contributed by atoms with E-state index in [0.717, 1.165) is 32.5 Å². The normalized spacial score (nSPS) is 29.9. The fraction of sp³-hybridized carbons (Fsp3) is 0.667. The zero-order chi connectivity index (χ0) is 12.6. The number of hydrogen-bond acceptors (Lipinski definition) is 5. The molecule has 1 aliphatic carbocycles. The van der Waals surface area contributed by atoms with Gasteiger partial charge in [-0.3, -0.25) is 0 Å². The summed E-state index contributed by atoms with van der Waals surface area (Å²) in [5.41, 5.74) is -0.0682. The number of aromatic nitrogens is 2. The summed E-state index contributed by atoms with van der Waals surface area (Å²) < 4.78 is 5.38. The summed E-state index contributed by atoms with van der Waals surface area (Å²) in [6.07, 6.45) is 5.42. The fourth-order valence-corrected chi connectivity index (χ4v) is 3.04. The molecule has 0 aromatic carbocycles. The van der Waals surface area contributed by atoms with E-state index in [4.69, 9.17) is 16.3 Å². The molecular formula is C12H16ClN3O2. The maximum Gasteiger partial charge on any atom is 0.222 e. The van der Waals surface area contributed by atoms with Crippen molar-refractivity contribution >= 4 is 17.5 Å². The Morgan fingerprint density at radius 3 is 2.61 bits per heavy atom. The average Bonchev–Trinajstić information content (AvgIpc) is 2.42. The first-order valence-corrected chi connectivity index (χ1v) is 6.58. The van der Waals surface area contributed by atoms with Crippen molar-refractivity contribution in [3.8, 4) is 0 Å². The van der Waals surface area contributed by atoms with Crippen LogP contribution in [0, 0.1) is 5.41 Å². The van der Waals surface area contributed by atoms with Gasteiger partial charge in [-0.2, -0.15) is 0 Å². The number of halogens is 1. The van der Waals surface area contributed by atoms with Gasteiger partial charge in [0.25, 0.3) is 0 Å². The van der Waals surface area contributed by atoms with Crippen molar-refractivity contribution in [1.29, 1.82) is 0 Å². The monoisotopic (exact) mass is 269 g/mol. The molecule has 18 heavy (non-hydrogen) atoms. The minimum Gasteiger partial charge on any atom is -0.392 e. The second kappa shape index (κ2) is 4.64. The topological polar surface area (TPSA) is 67.3 Å². The van der Waals surface area contributed by atoms with Crippen LogP contribution in [0.1, 0.15) is 19.3 Å². The first-order valence-electron chi connectivity index (χ1n) is 6.21. The van der Waals surface area contributed by atoms with Crippen LogP contribution in [-0.2, 0) is 4.74 Å². The van der Waals surface area contributed by atoms with Crippen LogP contribution >= 0.6 is 11.6 Å². The first-order chi connectivity index (χ1) is 8.71. The molecule has 1 aromatic rings. The number of nitrogens with zero attached hydrogens (tertiary/aromatic N) is 2. The summed E-state index contributed by atoms with van der Waals surface area (Å²) in [6.45, 7) is 1.44. The number of rotatable bonds is 2. The number of aliphatic hydroxyl groups excluding tert-OH is 1. The van der Waals surface area contributed by atoms with Gasteiger partial charge < -0.3 is 15.2 Å². The molecule has 1 aromatic heterocycles. The van der Waals surface area contributed by atoms with Crippen molar-refractivity contribution in [1.82, 2.24) is 9.97 Å². The highest BCUT2D eigenvalue weighted by atomic mass is 35.5. The van der Waals surface area contributed by atoms with Crippen molar-refractivity contribution in [2.45, 2.75) is 31.4 Å². The first kappa shape index (κ1) is 12.1. The van der Waals surface area contributed by atoms with Crippen molar-refractivity contribution in [2.75, 3.05) is 18.5 Å². The van der Waals surface area contributed by atoms with Crippen LogP contribution in [0.4, 0.5) is 5.95 Å². The minimum atomic E-state index is -0.244. The molecule has 0 radical (unpaired) electrons. The van der Waals surface area contributed by atoms with Gasteiger partial charge in [0.15, 0.2) is 0 Å². The molecule has 0 unspecified atom stereocenters. The van der Waals surface area contributed by atoms with Gasteiger partial charge in [0, 0.05) is 24.7 Å². The molecule has 2 N–H and O–H groups in total. The van der Waals surface area contributed by atoms with E-state index < -0.39 is 0 Å². The zero-order valence-corrected chi connectivity index (χ0v) is 10.7. The predicted octanol–water partition coefficient (Wildman–Crippen LogP) is 1.47. The smallest absolute Gasteiger partial charge is 0.222 e. The van der Waals surface area contributed by atoms with Crippen molar-refractivity contribution in [2.24, 2.45) is 5.41 Å². The van der Waals surface area contributed by atoms with E-state index >= 15 is 0 Å². The van der Waals surface area contributed by atoms with Crippen molar-refractivity contribution in [3.63, 3.8) is 0 Å². The SMILES string of the molecule is O[C@@H]1C[C@@H](Nc2ncc(Cl)cn2)C12CCOCC2. The third kappa shape index (κ3) is 1.96. The van der Waals surface area contributed by atoms with Gasteiger partial charge in [-0.25, -0.2) is 9.97 Å². The Balaban J connectivity index is 1.71. The number of anilines is 1. The van der Waals surface area contributed by atoms with E-state index in [9.17, 15) is 5.11 Å². The molecule has 2 heterocycles. The molecule has 6 heteroatoms. The van der Waals surface area contributed by atoms with E-state index in [0.29, 0.717) is 11.0 Å². The van der Waals surface area contributed by atoms with Crippen LogP contribution in [0.15, 0.2) is 12.4 Å². The van der Waals surface area contributed by atoms with Gasteiger partial charge >= 0.3 is 0 Å². The van der Waals surface area contributed by atoms with Crippen LogP contribution in [-0.4, -0.2) is 40.4 Å². The fourth-order valence-electron chi connectivity index (χ4n) is 2.94. The summed E-state index contributed by atoms with van der Waals surface area (Å²) in [5.74, 6) is 0.571. The van der Waals surface area contributed by atoms with E-state index in [2.05, 4.69) is 15.3 Å². The molecule has 1 aliphatic heterocycles. The number of nitrogens with one attached hydrogen (secondary N) is 1. The lowest BCUT2D eigenvalue weighted by molar-refractivity contribution is -0.133. The van der Waals surface area contributed by atoms with Crippen LogP contribution in [0.25, 0.3) is 0 Å². The van der Waals surface area contributed by atoms with Gasteiger partial charge in [0.1, 0.15) is 0 Å². The molecule has 2 fully saturated rings. The van der Waals surface area contributed by atoms with Crippen molar-refractivity contribution < 1.29 is 9.84 Å². The highest BCUT2D eigenvalue weighted by molar-refractivity contribution is 6.30. The van der Waals surface area contributed by atoms with Gasteiger partial charge in [-0.15, -0.1) is 0 Å². The van der Waals surface area contributed by atoms with Gasteiger partial charge in [0.2, 0.25) is 5.95 Å². The Labute approximate surface area is 111 Å². The van der Waals surface area contributed by atoms with Gasteiger partial charge in [0.05, 0.1) is 23.5 Å². The predicted molar refractivity (Wildman–Crippen MR) is 67.6 cm³/mol. The summed E-state index contributed by atoms with van der Waals surface area (Å²) in [6, 6.07) is 0.220. The van der Waals surface area contributed by atoms with Gasteiger partial charge in [-0.05, 0) is 19.3 Å². The standard InChI is InChI=1S/C12H16ClN3O2/c13-8-6-14-11(15-7-8)16-9-5-10(17)12(9)1-3-18-4-2-12/h6-7,9-10,17H,1-5H2,(H,14,15,16)/t9-,10-/m1/s1. The largest absolute Gasteiger partial charge is 0.392 e. The average molecular weight is 270 g/mol. The summed E-state index contributed by atoms with van der Waals surface area (Å²) in [7, 11) is 0. The molecule has 3 rings (SSSR count). The molecule has 5 nitrogen and oxygen atoms in total. The lowest BCUT2D eigenvalue weighted by Gasteiger charge is -2.55. The molecule has 1 spiro atoms. The van der Waals surface area contributed by atoms with E-state index in [1.165, 1.54) is 0 Å². The quantitative estimate of drug-likeness (QED) is 0.851. The number of hydrogen-bond donors (Lipinski definition) is 2. The zero-order valence-electron chi connectivity index (χ0n) is 9.97. The van der Waals surface area contributed by atoms with Crippen LogP contribution in [0.2, 0.25) is 5.02 Å². The van der Waals surface area contributed by atoms with Crippen LogP contribution in [0.5, 0.6) is 0 Å². The van der Waals surface area contributed by atoms with E-state index in [1.807, 2.05) is 0 Å². The molecule has 2 aliphatic rings. The van der Waals surface area contributed by atoms with E-state index in [1.54, 1.807) is 12.4 Å². The maximum atomic E-state index is 10.1. The van der Waals surface area contributed by atoms with Gasteiger partial charge in [-0.1, -0.05) is 11.6 Å². The molecule has 98 valence electrons. The summed E-state index contributed by atoms with van der Waals surface area (Å²) >= 11 is 5.75. The second-order valence-electron chi connectivity index (χ2n) is 5.02. The molecular weight excluding hydrogens is 254 g/mol. The van der Waals surface area contributed by atoms with Crippen molar-refractivity contribution in [3.05, 3.63) is 17.4 Å². The Morgan fingerprint density at radius 1 is 1.33 bits per heavy atom. The number of aliphatic hydroxyl groups is 1. The van der Waals surface area contributed by atoms with Crippen LogP contribution in [0.3, 0.4) is 0 Å². The van der Waals surface area contributed by atoms with Crippen LogP contribution < -0.4 is 5.32 Å². The minimum absolute atomic E-state index is 0.0682. The highest BCUT2D eigenvalue weighted by Gasteiger charge is 2.55. The third-order valence-electron chi connectivity index (χ3n) is 4.16. The molecule has 0 bridgehead atoms. The Morgan fingerprint density at radius 2 is 2.00 bits per heavy atom. The Hall–Kier alpha value is -0.910.